The number of likely N-dealkylation sites (tertiary alicyclic amines) is 1. The number of nitrogens with zero attached hydrogens (tertiary/aromatic N) is 1. The van der Waals surface area contributed by atoms with Crippen LogP contribution in [-0.2, 0) is 14.8 Å². The Bertz CT molecular complexity index is 708. The molecule has 0 aromatic rings. The quantitative estimate of drug-likeness (QED) is 0.338. The van der Waals surface area contributed by atoms with Crippen LogP contribution in [0.15, 0.2) is 12.1 Å². The summed E-state index contributed by atoms with van der Waals surface area (Å²) in [6.45, 7) is 1.08. The average Bonchev–Trinajstić information content (AvgIpc) is 3.37. The molecule has 9 nitrogen and oxygen atoms in total. The predicted octanol–water partition coefficient (Wildman–Crippen LogP) is 0.626. The lowest BCUT2D eigenvalue weighted by atomic mass is 9.77. The molecule has 1 heterocycles. The van der Waals surface area contributed by atoms with E-state index in [2.05, 4.69) is 5.32 Å². The number of carbonyl (C=O) groups excluding carboxylic acids is 3. The second kappa shape index (κ2) is 10.5. The van der Waals surface area contributed by atoms with Crippen LogP contribution in [0.5, 0.6) is 0 Å². The maximum atomic E-state index is 12.1. The molecule has 4 amide bonds. The lowest BCUT2D eigenvalue weighted by Crippen LogP contribution is -2.48. The molecular weight excluding hydrogens is 383 g/mol. The molecule has 11 heteroatoms. The number of nitrogens with one attached hydrogen (secondary N) is 2. The van der Waals surface area contributed by atoms with E-state index in [-0.39, 0.29) is 6.03 Å². The zero-order chi connectivity index (χ0) is 20.6. The molecule has 1 aliphatic heterocycles. The minimum Gasteiger partial charge on any atom is -0.368 e. The Balaban J connectivity index is 1.49. The molecule has 2 fully saturated rings. The third-order valence-electron chi connectivity index (χ3n) is 4.76. The molecular formula is C17H28BN4O5S. The molecule has 0 bridgehead atoms. The summed E-state index contributed by atoms with van der Waals surface area (Å²) in [4.78, 5) is 36.4. The number of urea groups is 1. The molecule has 1 radical (unpaired) electrons. The van der Waals surface area contributed by atoms with Gasteiger partial charge in [-0.3, -0.25) is 14.3 Å². The van der Waals surface area contributed by atoms with Crippen LogP contribution in [0.2, 0.25) is 0 Å². The van der Waals surface area contributed by atoms with Gasteiger partial charge in [-0.1, -0.05) is 12.5 Å². The number of sulfonamides is 1. The molecule has 1 saturated heterocycles. The van der Waals surface area contributed by atoms with Crippen molar-refractivity contribution in [2.45, 2.75) is 62.7 Å². The summed E-state index contributed by atoms with van der Waals surface area (Å²) in [5, 5.41) is 2.39. The van der Waals surface area contributed by atoms with Gasteiger partial charge in [0.25, 0.3) is 7.28 Å². The highest BCUT2D eigenvalue weighted by atomic mass is 32.2. The summed E-state index contributed by atoms with van der Waals surface area (Å²) < 4.78 is 25.2. The number of primary amides is 1. The van der Waals surface area contributed by atoms with E-state index in [1.807, 2.05) is 10.8 Å². The fourth-order valence-electron chi connectivity index (χ4n) is 3.05. The summed E-state index contributed by atoms with van der Waals surface area (Å²) in [6, 6.07) is -0.749. The first-order valence-corrected chi connectivity index (χ1v) is 11.2. The first kappa shape index (κ1) is 22.3. The lowest BCUT2D eigenvalue weighted by Gasteiger charge is -2.22. The van der Waals surface area contributed by atoms with Crippen molar-refractivity contribution in [1.29, 1.82) is 0 Å². The van der Waals surface area contributed by atoms with Crippen LogP contribution >= 0.6 is 0 Å². The van der Waals surface area contributed by atoms with Crippen molar-refractivity contribution in [3.8, 4) is 0 Å². The van der Waals surface area contributed by atoms with Crippen LogP contribution in [-0.4, -0.2) is 62.7 Å². The van der Waals surface area contributed by atoms with E-state index in [1.165, 1.54) is 12.2 Å². The molecule has 1 aliphatic carbocycles. The van der Waals surface area contributed by atoms with E-state index in [4.69, 9.17) is 5.73 Å². The van der Waals surface area contributed by atoms with Crippen molar-refractivity contribution in [3.05, 3.63) is 12.1 Å². The Morgan fingerprint density at radius 2 is 1.89 bits per heavy atom. The van der Waals surface area contributed by atoms with Gasteiger partial charge in [-0.25, -0.2) is 13.2 Å². The number of rotatable bonds is 11. The first-order chi connectivity index (χ1) is 13.3. The van der Waals surface area contributed by atoms with E-state index in [0.717, 1.165) is 32.1 Å². The summed E-state index contributed by atoms with van der Waals surface area (Å²) in [6.07, 6.45) is 7.78. The predicted molar refractivity (Wildman–Crippen MR) is 106 cm³/mol. The van der Waals surface area contributed by atoms with E-state index in [1.54, 1.807) is 5.98 Å². The molecule has 4 N–H and O–H groups in total. The molecule has 28 heavy (non-hydrogen) atoms. The van der Waals surface area contributed by atoms with Gasteiger partial charge in [0.05, 0.1) is 5.25 Å². The summed E-state index contributed by atoms with van der Waals surface area (Å²) in [7, 11) is -2.28. The van der Waals surface area contributed by atoms with Crippen LogP contribution in [0, 0.1) is 0 Å². The minimum atomic E-state index is -3.49. The molecule has 0 aromatic heterocycles. The molecule has 0 spiro atoms. The summed E-state index contributed by atoms with van der Waals surface area (Å²) in [5.74, 6) is 0.466. The number of hydrogen-bond donors (Lipinski definition) is 3. The minimum absolute atomic E-state index is 0.247. The fourth-order valence-corrected chi connectivity index (χ4v) is 4.33. The number of hydrogen-bond acceptors (Lipinski definition) is 5. The molecule has 155 valence electrons. The van der Waals surface area contributed by atoms with Gasteiger partial charge in [-0.05, 0) is 44.9 Å². The largest absolute Gasteiger partial charge is 0.368 e. The Labute approximate surface area is 166 Å². The monoisotopic (exact) mass is 411 g/mol. The van der Waals surface area contributed by atoms with E-state index < -0.39 is 33.0 Å². The normalized spacial score (nSPS) is 19.6. The van der Waals surface area contributed by atoms with Crippen LogP contribution in [0.1, 0.15) is 51.4 Å². The van der Waals surface area contributed by atoms with Crippen molar-refractivity contribution in [1.82, 2.24) is 14.9 Å². The maximum absolute atomic E-state index is 12.1. The first-order valence-electron chi connectivity index (χ1n) is 9.70. The van der Waals surface area contributed by atoms with Crippen molar-refractivity contribution in [3.63, 3.8) is 0 Å². The van der Waals surface area contributed by atoms with Gasteiger partial charge < -0.3 is 16.0 Å². The van der Waals surface area contributed by atoms with Gasteiger partial charge >= 0.3 is 6.03 Å². The SMILES string of the molecule is NC(=O)[C@@H]1CCCN1C(=O)NCCCCC/C=C\[B]C(=O)NS(=O)(=O)C1CC1. The van der Waals surface area contributed by atoms with Crippen LogP contribution < -0.4 is 15.8 Å². The van der Waals surface area contributed by atoms with Gasteiger partial charge in [0.2, 0.25) is 15.9 Å². The van der Waals surface area contributed by atoms with Gasteiger partial charge in [0.15, 0.2) is 5.81 Å². The average molecular weight is 411 g/mol. The van der Waals surface area contributed by atoms with Crippen LogP contribution in [0.25, 0.3) is 0 Å². The highest BCUT2D eigenvalue weighted by molar-refractivity contribution is 7.91. The Morgan fingerprint density at radius 1 is 1.14 bits per heavy atom. The zero-order valence-electron chi connectivity index (χ0n) is 15.9. The standard InChI is InChI=1S/C17H28BN4O5S/c19-15(23)14-7-6-12-22(14)17(25)20-11-5-3-1-2-4-10-18-16(24)21-28(26,27)13-8-9-13/h4,10,13-14H,1-3,5-9,11-12H2,(H2,19,23)(H,20,25)(H,21,24)/b10-4-/t14-/m0/s1. The second-order valence-corrected chi connectivity index (χ2v) is 9.10. The van der Waals surface area contributed by atoms with Gasteiger partial charge in [-0.15, -0.1) is 5.98 Å². The Hall–Kier alpha value is -2.04. The highest BCUT2D eigenvalue weighted by Gasteiger charge is 2.36. The molecule has 2 aliphatic rings. The van der Waals surface area contributed by atoms with Crippen molar-refractivity contribution >= 4 is 35.0 Å². The molecule has 1 atom stereocenters. The van der Waals surface area contributed by atoms with Crippen molar-refractivity contribution in [2.75, 3.05) is 13.1 Å². The third kappa shape index (κ3) is 7.18. The fraction of sp³-hybridized carbons (Fsp3) is 0.706. The van der Waals surface area contributed by atoms with E-state index >= 15 is 0 Å². The van der Waals surface area contributed by atoms with Crippen molar-refractivity contribution < 1.29 is 22.8 Å². The number of unbranched alkanes of at least 4 members (excludes halogenated alkanes) is 3. The highest BCUT2D eigenvalue weighted by Crippen LogP contribution is 2.27. The van der Waals surface area contributed by atoms with E-state index in [0.29, 0.717) is 32.4 Å². The van der Waals surface area contributed by atoms with Gasteiger partial charge in [-0.2, -0.15) is 0 Å². The third-order valence-corrected chi connectivity index (χ3v) is 6.59. The number of amides is 4. The number of carbonyl (C=O) groups is 3. The zero-order valence-corrected chi connectivity index (χ0v) is 16.7. The maximum Gasteiger partial charge on any atom is 0.318 e. The second-order valence-electron chi connectivity index (χ2n) is 7.14. The van der Waals surface area contributed by atoms with Crippen molar-refractivity contribution in [2.24, 2.45) is 5.73 Å². The van der Waals surface area contributed by atoms with Crippen LogP contribution in [0.4, 0.5) is 9.59 Å². The number of nitrogens with two attached hydrogens (primary N) is 1. The summed E-state index contributed by atoms with van der Waals surface area (Å²) in [5.41, 5.74) is 5.30. The topological polar surface area (TPSA) is 139 Å². The molecule has 1 saturated carbocycles. The van der Waals surface area contributed by atoms with Gasteiger partial charge in [0.1, 0.15) is 6.04 Å². The molecule has 2 rings (SSSR count). The smallest absolute Gasteiger partial charge is 0.318 e. The molecule has 0 aromatic carbocycles. The number of allylic oxidation sites excluding steroid dienone is 1. The lowest BCUT2D eigenvalue weighted by molar-refractivity contribution is -0.121. The summed E-state index contributed by atoms with van der Waals surface area (Å²) >= 11 is 0. The Morgan fingerprint density at radius 3 is 2.57 bits per heavy atom. The molecule has 0 unspecified atom stereocenters. The van der Waals surface area contributed by atoms with Gasteiger partial charge in [0, 0.05) is 13.1 Å². The van der Waals surface area contributed by atoms with Crippen LogP contribution in [0.3, 0.4) is 0 Å². The Kier molecular flexibility index (Phi) is 8.34. The van der Waals surface area contributed by atoms with E-state index in [9.17, 15) is 22.8 Å².